The third-order valence-electron chi connectivity index (χ3n) is 4.97. The SMILES string of the molecule is CCc1nc2ccc(Cl)cn2c1C(=O)CCc1ccn(-c2ccc(C(F)(F)F)cc2)n1. The number of nitrogens with zero attached hydrogens (tertiary/aromatic N) is 4. The summed E-state index contributed by atoms with van der Waals surface area (Å²) in [5, 5.41) is 4.90. The fraction of sp³-hybridized carbons (Fsp3) is 0.227. The number of hydrogen-bond acceptors (Lipinski definition) is 3. The van der Waals surface area contributed by atoms with Gasteiger partial charge in [-0.25, -0.2) is 9.67 Å². The van der Waals surface area contributed by atoms with E-state index in [-0.39, 0.29) is 12.2 Å². The predicted molar refractivity (Wildman–Crippen MR) is 111 cm³/mol. The third-order valence-corrected chi connectivity index (χ3v) is 5.19. The summed E-state index contributed by atoms with van der Waals surface area (Å²) in [6.45, 7) is 1.94. The van der Waals surface area contributed by atoms with Crippen molar-refractivity contribution in [3.05, 3.63) is 82.5 Å². The molecule has 3 aromatic heterocycles. The lowest BCUT2D eigenvalue weighted by atomic mass is 10.1. The van der Waals surface area contributed by atoms with Crippen LogP contribution in [0.4, 0.5) is 13.2 Å². The lowest BCUT2D eigenvalue weighted by molar-refractivity contribution is -0.137. The lowest BCUT2D eigenvalue weighted by Crippen LogP contribution is -2.08. The van der Waals surface area contributed by atoms with E-state index in [1.165, 1.54) is 16.8 Å². The van der Waals surface area contributed by atoms with Gasteiger partial charge >= 0.3 is 6.18 Å². The van der Waals surface area contributed by atoms with Crippen molar-refractivity contribution < 1.29 is 18.0 Å². The largest absolute Gasteiger partial charge is 0.416 e. The summed E-state index contributed by atoms with van der Waals surface area (Å²) in [5.74, 6) is -0.0734. The first-order chi connectivity index (χ1) is 14.8. The molecule has 0 radical (unpaired) electrons. The van der Waals surface area contributed by atoms with Crippen LogP contribution in [0.2, 0.25) is 5.02 Å². The van der Waals surface area contributed by atoms with Crippen molar-refractivity contribution in [3.63, 3.8) is 0 Å². The first-order valence-electron chi connectivity index (χ1n) is 9.68. The van der Waals surface area contributed by atoms with Gasteiger partial charge in [0, 0.05) is 18.8 Å². The molecule has 9 heteroatoms. The van der Waals surface area contributed by atoms with Crippen molar-refractivity contribution in [3.8, 4) is 5.69 Å². The normalized spacial score (nSPS) is 11.9. The molecule has 0 bridgehead atoms. The summed E-state index contributed by atoms with van der Waals surface area (Å²) in [6.07, 6.45) is 0.181. The number of fused-ring (bicyclic) bond motifs is 1. The summed E-state index contributed by atoms with van der Waals surface area (Å²) in [6, 6.07) is 10.00. The highest BCUT2D eigenvalue weighted by atomic mass is 35.5. The molecular weight excluding hydrogens is 429 g/mol. The maximum absolute atomic E-state index is 12.9. The number of aryl methyl sites for hydroxylation is 2. The zero-order chi connectivity index (χ0) is 22.2. The molecule has 0 saturated heterocycles. The van der Waals surface area contributed by atoms with Crippen LogP contribution in [0.3, 0.4) is 0 Å². The van der Waals surface area contributed by atoms with E-state index in [1.54, 1.807) is 35.0 Å². The maximum Gasteiger partial charge on any atom is 0.416 e. The molecule has 0 atom stereocenters. The highest BCUT2D eigenvalue weighted by molar-refractivity contribution is 6.30. The van der Waals surface area contributed by atoms with Crippen molar-refractivity contribution in [2.24, 2.45) is 0 Å². The van der Waals surface area contributed by atoms with E-state index in [1.807, 2.05) is 6.92 Å². The molecule has 0 saturated carbocycles. The fourth-order valence-electron chi connectivity index (χ4n) is 3.41. The van der Waals surface area contributed by atoms with Crippen LogP contribution in [0, 0.1) is 0 Å². The Hall–Kier alpha value is -3.13. The first-order valence-corrected chi connectivity index (χ1v) is 10.1. The molecule has 0 aliphatic heterocycles. The molecule has 0 aliphatic rings. The van der Waals surface area contributed by atoms with Gasteiger partial charge in [-0.15, -0.1) is 0 Å². The molecule has 0 amide bonds. The van der Waals surface area contributed by atoms with E-state index in [2.05, 4.69) is 10.1 Å². The summed E-state index contributed by atoms with van der Waals surface area (Å²) in [7, 11) is 0. The zero-order valence-corrected chi connectivity index (χ0v) is 17.3. The Kier molecular flexibility index (Phi) is 5.58. The van der Waals surface area contributed by atoms with Gasteiger partial charge < -0.3 is 0 Å². The summed E-state index contributed by atoms with van der Waals surface area (Å²) >= 11 is 6.08. The molecule has 3 heterocycles. The van der Waals surface area contributed by atoms with Gasteiger partial charge in [-0.1, -0.05) is 18.5 Å². The number of imidazole rings is 1. The number of carbonyl (C=O) groups is 1. The lowest BCUT2D eigenvalue weighted by Gasteiger charge is -2.07. The monoisotopic (exact) mass is 446 g/mol. The molecule has 160 valence electrons. The van der Waals surface area contributed by atoms with Gasteiger partial charge in [0.2, 0.25) is 0 Å². The minimum Gasteiger partial charge on any atom is -0.295 e. The Morgan fingerprint density at radius 1 is 1.10 bits per heavy atom. The minimum atomic E-state index is -4.38. The summed E-state index contributed by atoms with van der Waals surface area (Å²) in [4.78, 5) is 17.4. The van der Waals surface area contributed by atoms with E-state index in [0.717, 1.165) is 12.1 Å². The average molecular weight is 447 g/mol. The molecule has 4 aromatic rings. The number of carbonyl (C=O) groups excluding carboxylic acids is 1. The molecule has 0 aliphatic carbocycles. The number of alkyl halides is 3. The van der Waals surface area contributed by atoms with Crippen molar-refractivity contribution >= 4 is 23.0 Å². The second kappa shape index (κ2) is 8.19. The van der Waals surface area contributed by atoms with Crippen LogP contribution in [-0.4, -0.2) is 24.9 Å². The van der Waals surface area contributed by atoms with Gasteiger partial charge in [0.1, 0.15) is 11.3 Å². The highest BCUT2D eigenvalue weighted by Crippen LogP contribution is 2.29. The molecule has 0 fully saturated rings. The second-order valence-electron chi connectivity index (χ2n) is 7.06. The van der Waals surface area contributed by atoms with Crippen molar-refractivity contribution in [1.82, 2.24) is 19.2 Å². The quantitative estimate of drug-likeness (QED) is 0.364. The Balaban J connectivity index is 1.50. The van der Waals surface area contributed by atoms with Crippen LogP contribution in [0.15, 0.2) is 54.9 Å². The molecule has 31 heavy (non-hydrogen) atoms. The topological polar surface area (TPSA) is 52.2 Å². The van der Waals surface area contributed by atoms with E-state index < -0.39 is 11.7 Å². The van der Waals surface area contributed by atoms with E-state index in [0.29, 0.717) is 46.3 Å². The summed E-state index contributed by atoms with van der Waals surface area (Å²) < 4.78 is 41.4. The minimum absolute atomic E-state index is 0.0734. The summed E-state index contributed by atoms with van der Waals surface area (Å²) in [5.41, 5.74) is 2.35. The van der Waals surface area contributed by atoms with Gasteiger partial charge in [-0.3, -0.25) is 9.20 Å². The smallest absolute Gasteiger partial charge is 0.295 e. The number of benzene rings is 1. The van der Waals surface area contributed by atoms with E-state index >= 15 is 0 Å². The van der Waals surface area contributed by atoms with Crippen molar-refractivity contribution in [1.29, 1.82) is 0 Å². The number of halogens is 4. The number of aromatic nitrogens is 4. The molecule has 5 nitrogen and oxygen atoms in total. The Labute approximate surface area is 181 Å². The van der Waals surface area contributed by atoms with Gasteiger partial charge in [-0.05, 0) is 55.3 Å². The second-order valence-corrected chi connectivity index (χ2v) is 7.49. The van der Waals surface area contributed by atoms with Gasteiger partial charge in [-0.2, -0.15) is 18.3 Å². The third kappa shape index (κ3) is 4.34. The number of hydrogen-bond donors (Lipinski definition) is 0. The van der Waals surface area contributed by atoms with Crippen LogP contribution in [0.25, 0.3) is 11.3 Å². The Morgan fingerprint density at radius 2 is 1.84 bits per heavy atom. The maximum atomic E-state index is 12.9. The number of Topliss-reactive ketones (excluding diaryl/α,β-unsaturated/α-hetero) is 1. The van der Waals surface area contributed by atoms with Gasteiger partial charge in [0.15, 0.2) is 5.78 Å². The number of rotatable bonds is 6. The van der Waals surface area contributed by atoms with Crippen LogP contribution in [0.1, 0.15) is 40.8 Å². The van der Waals surface area contributed by atoms with Crippen LogP contribution >= 0.6 is 11.6 Å². The van der Waals surface area contributed by atoms with Crippen LogP contribution in [0.5, 0.6) is 0 Å². The fourth-order valence-corrected chi connectivity index (χ4v) is 3.57. The van der Waals surface area contributed by atoms with Crippen molar-refractivity contribution in [2.45, 2.75) is 32.4 Å². The number of ketones is 1. The van der Waals surface area contributed by atoms with E-state index in [9.17, 15) is 18.0 Å². The van der Waals surface area contributed by atoms with Gasteiger partial charge in [0.05, 0.1) is 27.7 Å². The molecular formula is C22H18ClF3N4O. The molecule has 0 unspecified atom stereocenters. The highest BCUT2D eigenvalue weighted by Gasteiger charge is 2.30. The van der Waals surface area contributed by atoms with Gasteiger partial charge in [0.25, 0.3) is 0 Å². The number of pyridine rings is 1. The Morgan fingerprint density at radius 3 is 2.52 bits per heavy atom. The predicted octanol–water partition coefficient (Wildman–Crippen LogP) is 5.57. The standard InChI is InChI=1S/C22H18ClF3N4O/c1-2-18-21(29-13-15(23)5-10-20(29)27-18)19(31)9-6-16-11-12-30(28-16)17-7-3-14(4-8-17)22(24,25)26/h3-5,7-8,10-13H,2,6,9H2,1H3. The first kappa shape index (κ1) is 21.1. The van der Waals surface area contributed by atoms with Crippen molar-refractivity contribution in [2.75, 3.05) is 0 Å². The molecule has 1 aromatic carbocycles. The molecule has 0 spiro atoms. The van der Waals surface area contributed by atoms with Crippen LogP contribution in [-0.2, 0) is 19.0 Å². The van der Waals surface area contributed by atoms with Crippen LogP contribution < -0.4 is 0 Å². The zero-order valence-electron chi connectivity index (χ0n) is 16.5. The Bertz CT molecular complexity index is 1240. The van der Waals surface area contributed by atoms with E-state index in [4.69, 9.17) is 11.6 Å². The molecule has 0 N–H and O–H groups in total. The average Bonchev–Trinajstić information content (AvgIpc) is 3.35. The molecule has 4 rings (SSSR count).